The van der Waals surface area contributed by atoms with Crippen molar-refractivity contribution in [2.75, 3.05) is 0 Å². The summed E-state index contributed by atoms with van der Waals surface area (Å²) in [5, 5.41) is 11.8. The Bertz CT molecular complexity index is 367. The lowest BCUT2D eigenvalue weighted by molar-refractivity contribution is 0.814. The molecule has 0 N–H and O–H groups in total. The van der Waals surface area contributed by atoms with Crippen LogP contribution in [0.1, 0.15) is 19.4 Å². The average molecular weight is 190 g/mol. The summed E-state index contributed by atoms with van der Waals surface area (Å²) in [5.41, 5.74) is 1.11. The second-order valence-electron chi connectivity index (χ2n) is 2.54. The summed E-state index contributed by atoms with van der Waals surface area (Å²) in [6.07, 6.45) is 5.33. The Morgan fingerprint density at radius 2 is 2.07 bits per heavy atom. The van der Waals surface area contributed by atoms with E-state index in [1.807, 2.05) is 39.1 Å². The lowest BCUT2D eigenvalue weighted by Gasteiger charge is -1.95. The zero-order valence-corrected chi connectivity index (χ0v) is 8.68. The van der Waals surface area contributed by atoms with Gasteiger partial charge in [-0.25, -0.2) is 4.68 Å². The maximum Gasteiger partial charge on any atom is 0.175 e. The maximum absolute atomic E-state index is 4.10. The van der Waals surface area contributed by atoms with E-state index in [9.17, 15) is 0 Å². The summed E-state index contributed by atoms with van der Waals surface area (Å²) >= 11 is 0. The van der Waals surface area contributed by atoms with Crippen molar-refractivity contribution in [3.63, 3.8) is 0 Å². The molecule has 2 rings (SSSR count). The van der Waals surface area contributed by atoms with Gasteiger partial charge >= 0.3 is 0 Å². The number of hydrogen-bond donors (Lipinski definition) is 0. The molecule has 0 saturated carbocycles. The third-order valence-electron chi connectivity index (χ3n) is 1.50. The van der Waals surface area contributed by atoms with Gasteiger partial charge in [-0.05, 0) is 24.6 Å². The number of hydrogen-bond acceptors (Lipinski definition) is 3. The third-order valence-corrected chi connectivity index (χ3v) is 1.50. The zero-order valence-electron chi connectivity index (χ0n) is 8.68. The quantitative estimate of drug-likeness (QED) is 0.690. The van der Waals surface area contributed by atoms with Crippen molar-refractivity contribution in [3.05, 3.63) is 36.3 Å². The summed E-state index contributed by atoms with van der Waals surface area (Å²) in [6, 6.07) is 3.69. The molecule has 0 unspecified atom stereocenters. The smallest absolute Gasteiger partial charge is 0.175 e. The molecule has 2 aromatic heterocycles. The molecule has 4 nitrogen and oxygen atoms in total. The molecule has 2 aromatic rings. The molecule has 0 aliphatic heterocycles. The number of aromatic nitrogens is 4. The van der Waals surface area contributed by atoms with Crippen LogP contribution in [0.3, 0.4) is 0 Å². The fourth-order valence-corrected chi connectivity index (χ4v) is 0.954. The van der Waals surface area contributed by atoms with Gasteiger partial charge in [0.2, 0.25) is 0 Å². The van der Waals surface area contributed by atoms with E-state index < -0.39 is 0 Å². The van der Waals surface area contributed by atoms with Gasteiger partial charge < -0.3 is 0 Å². The minimum absolute atomic E-state index is 0.741. The highest BCUT2D eigenvalue weighted by Gasteiger charge is 1.97. The first-order valence-electron chi connectivity index (χ1n) is 4.65. The van der Waals surface area contributed by atoms with Crippen molar-refractivity contribution in [1.29, 1.82) is 0 Å². The second kappa shape index (κ2) is 5.11. The number of aryl methyl sites for hydroxylation is 1. The standard InChI is InChI=1S/C8H8N4.C2H6/c1-7-5-10-12(6-7)8-3-2-4-9-11-8;1-2/h2-6H,1H3;1-2H3. The Kier molecular flexibility index (Phi) is 3.79. The third kappa shape index (κ3) is 2.39. The molecule has 0 aromatic carbocycles. The fraction of sp³-hybridized carbons (Fsp3) is 0.300. The minimum atomic E-state index is 0.741. The lowest BCUT2D eigenvalue weighted by atomic mass is 10.4. The summed E-state index contributed by atoms with van der Waals surface area (Å²) in [7, 11) is 0. The van der Waals surface area contributed by atoms with E-state index in [4.69, 9.17) is 0 Å². The molecule has 0 aliphatic rings. The van der Waals surface area contributed by atoms with Crippen LogP contribution in [0.4, 0.5) is 0 Å². The normalized spacial score (nSPS) is 9.07. The summed E-state index contributed by atoms with van der Waals surface area (Å²) in [6.45, 7) is 5.99. The van der Waals surface area contributed by atoms with E-state index >= 15 is 0 Å². The molecule has 0 atom stereocenters. The fourth-order valence-electron chi connectivity index (χ4n) is 0.954. The maximum atomic E-state index is 4.10. The SMILES string of the molecule is CC.Cc1cnn(-c2cccnn2)c1. The molecular formula is C10H14N4. The molecule has 2 heterocycles. The topological polar surface area (TPSA) is 43.6 Å². The Morgan fingerprint density at radius 3 is 2.57 bits per heavy atom. The van der Waals surface area contributed by atoms with Crippen LogP contribution in [0.5, 0.6) is 0 Å². The number of nitrogens with zero attached hydrogens (tertiary/aromatic N) is 4. The van der Waals surface area contributed by atoms with Crippen molar-refractivity contribution >= 4 is 0 Å². The van der Waals surface area contributed by atoms with Crippen LogP contribution in [0.25, 0.3) is 5.82 Å². The molecule has 74 valence electrons. The van der Waals surface area contributed by atoms with E-state index in [0.717, 1.165) is 11.4 Å². The van der Waals surface area contributed by atoms with Crippen LogP contribution in [0.2, 0.25) is 0 Å². The van der Waals surface area contributed by atoms with E-state index in [2.05, 4.69) is 15.3 Å². The molecule has 0 aliphatic carbocycles. The van der Waals surface area contributed by atoms with Crippen LogP contribution in [-0.4, -0.2) is 20.0 Å². The monoisotopic (exact) mass is 190 g/mol. The van der Waals surface area contributed by atoms with Crippen LogP contribution >= 0.6 is 0 Å². The molecule has 4 heteroatoms. The molecule has 0 radical (unpaired) electrons. The first kappa shape index (κ1) is 10.4. The van der Waals surface area contributed by atoms with Crippen LogP contribution in [0, 0.1) is 6.92 Å². The molecular weight excluding hydrogens is 176 g/mol. The predicted molar refractivity (Wildman–Crippen MR) is 55.2 cm³/mol. The molecule has 0 fully saturated rings. The van der Waals surface area contributed by atoms with Gasteiger partial charge in [0.1, 0.15) is 0 Å². The van der Waals surface area contributed by atoms with Gasteiger partial charge in [-0.15, -0.1) is 5.10 Å². The Hall–Kier alpha value is -1.71. The van der Waals surface area contributed by atoms with Gasteiger partial charge in [0.15, 0.2) is 5.82 Å². The minimum Gasteiger partial charge on any atom is -0.221 e. The van der Waals surface area contributed by atoms with Gasteiger partial charge in [0.05, 0.1) is 6.20 Å². The molecule has 0 saturated heterocycles. The largest absolute Gasteiger partial charge is 0.221 e. The summed E-state index contributed by atoms with van der Waals surface area (Å²) in [4.78, 5) is 0. The first-order valence-corrected chi connectivity index (χ1v) is 4.65. The highest BCUT2D eigenvalue weighted by Crippen LogP contribution is 2.01. The highest BCUT2D eigenvalue weighted by molar-refractivity contribution is 5.19. The van der Waals surface area contributed by atoms with Gasteiger partial charge in [-0.3, -0.25) is 0 Å². The second-order valence-corrected chi connectivity index (χ2v) is 2.54. The van der Waals surface area contributed by atoms with E-state index in [1.165, 1.54) is 0 Å². The predicted octanol–water partition coefficient (Wildman–Crippen LogP) is 2.00. The Labute approximate surface area is 83.6 Å². The van der Waals surface area contributed by atoms with Gasteiger partial charge in [-0.1, -0.05) is 13.8 Å². The zero-order chi connectivity index (χ0) is 10.4. The lowest BCUT2D eigenvalue weighted by Crippen LogP contribution is -1.97. The molecule has 0 amide bonds. The molecule has 0 bridgehead atoms. The van der Waals surface area contributed by atoms with Gasteiger partial charge in [0, 0.05) is 12.4 Å². The van der Waals surface area contributed by atoms with E-state index in [0.29, 0.717) is 0 Å². The number of rotatable bonds is 1. The van der Waals surface area contributed by atoms with Crippen molar-refractivity contribution in [3.8, 4) is 5.82 Å². The first-order chi connectivity index (χ1) is 6.86. The Morgan fingerprint density at radius 1 is 1.29 bits per heavy atom. The van der Waals surface area contributed by atoms with Gasteiger partial charge in [0.25, 0.3) is 0 Å². The van der Waals surface area contributed by atoms with E-state index in [-0.39, 0.29) is 0 Å². The van der Waals surface area contributed by atoms with Gasteiger partial charge in [-0.2, -0.15) is 10.2 Å². The summed E-state index contributed by atoms with van der Waals surface area (Å²) in [5.74, 6) is 0.741. The summed E-state index contributed by atoms with van der Waals surface area (Å²) < 4.78 is 1.70. The molecule has 14 heavy (non-hydrogen) atoms. The van der Waals surface area contributed by atoms with Crippen molar-refractivity contribution in [2.45, 2.75) is 20.8 Å². The Balaban J connectivity index is 0.000000461. The van der Waals surface area contributed by atoms with Crippen LogP contribution in [0.15, 0.2) is 30.7 Å². The van der Waals surface area contributed by atoms with Crippen molar-refractivity contribution in [1.82, 2.24) is 20.0 Å². The average Bonchev–Trinajstić information content (AvgIpc) is 2.69. The van der Waals surface area contributed by atoms with Crippen molar-refractivity contribution < 1.29 is 0 Å². The van der Waals surface area contributed by atoms with Crippen molar-refractivity contribution in [2.24, 2.45) is 0 Å². The van der Waals surface area contributed by atoms with Crippen LogP contribution < -0.4 is 0 Å². The van der Waals surface area contributed by atoms with E-state index in [1.54, 1.807) is 17.1 Å². The van der Waals surface area contributed by atoms with Crippen LogP contribution in [-0.2, 0) is 0 Å². The highest BCUT2D eigenvalue weighted by atomic mass is 15.3. The molecule has 0 spiro atoms.